The van der Waals surface area contributed by atoms with E-state index in [-0.39, 0.29) is 24.6 Å². The molecule has 0 fully saturated rings. The fourth-order valence-electron chi connectivity index (χ4n) is 4.13. The molecule has 0 bridgehead atoms. The van der Waals surface area contributed by atoms with Crippen molar-refractivity contribution in [3.8, 4) is 0 Å². The van der Waals surface area contributed by atoms with Crippen molar-refractivity contribution < 1.29 is 14.3 Å². The van der Waals surface area contributed by atoms with Crippen LogP contribution in [0.1, 0.15) is 30.9 Å². The normalized spacial score (nSPS) is 17.7. The van der Waals surface area contributed by atoms with Crippen molar-refractivity contribution in [2.75, 3.05) is 30.1 Å². The van der Waals surface area contributed by atoms with Crippen molar-refractivity contribution in [1.82, 2.24) is 5.32 Å². The summed E-state index contributed by atoms with van der Waals surface area (Å²) in [4.78, 5) is 27.6. The quantitative estimate of drug-likeness (QED) is 0.728. The first-order valence-corrected chi connectivity index (χ1v) is 10.8. The van der Waals surface area contributed by atoms with Crippen LogP contribution in [0.4, 0.5) is 11.4 Å². The molecule has 31 heavy (non-hydrogen) atoms. The molecule has 4 rings (SSSR count). The first-order valence-electron chi connectivity index (χ1n) is 10.8. The second kappa shape index (κ2) is 9.20. The first kappa shape index (κ1) is 20.9. The van der Waals surface area contributed by atoms with Crippen LogP contribution in [0, 0.1) is 0 Å². The van der Waals surface area contributed by atoms with E-state index in [0.29, 0.717) is 6.54 Å². The molecule has 2 heterocycles. The topological polar surface area (TPSA) is 74.2 Å². The number of rotatable bonds is 6. The van der Waals surface area contributed by atoms with Crippen molar-refractivity contribution >= 4 is 29.0 Å². The Morgan fingerprint density at radius 2 is 2.00 bits per heavy atom. The summed E-state index contributed by atoms with van der Waals surface area (Å²) in [7, 11) is 2.11. The Kier molecular flexibility index (Phi) is 6.21. The number of hydrogen-bond acceptors (Lipinski definition) is 6. The number of para-hydroxylation sites is 1. The summed E-state index contributed by atoms with van der Waals surface area (Å²) in [5.74, 6) is -0.640. The Morgan fingerprint density at radius 3 is 2.77 bits per heavy atom. The minimum absolute atomic E-state index is 0.165. The largest absolute Gasteiger partial charge is 0.461 e. The third-order valence-electron chi connectivity index (χ3n) is 5.71. The van der Waals surface area contributed by atoms with E-state index in [1.54, 1.807) is 11.9 Å². The number of esters is 1. The number of aryl methyl sites for hydroxylation is 1. The van der Waals surface area contributed by atoms with Crippen molar-refractivity contribution in [2.24, 2.45) is 5.10 Å². The molecule has 1 unspecified atom stereocenters. The highest BCUT2D eigenvalue weighted by Gasteiger charge is 2.36. The van der Waals surface area contributed by atoms with Gasteiger partial charge in [0.1, 0.15) is 11.8 Å². The van der Waals surface area contributed by atoms with Gasteiger partial charge in [0, 0.05) is 32.2 Å². The molecule has 2 aromatic rings. The maximum absolute atomic E-state index is 13.1. The zero-order valence-electron chi connectivity index (χ0n) is 18.0. The number of anilines is 2. The standard InChI is InChI=1S/C24H28N4O3/c1-3-31-24(30)20-15-22(28(26-20)19-9-5-4-6-10-19)23(29)25-16-17-11-12-21-18(14-17)8-7-13-27(21)2/h4-6,9-12,14,22H,3,7-8,13,15-16H2,1-2H3,(H,25,29). The molecule has 0 saturated heterocycles. The molecule has 0 aromatic heterocycles. The van der Waals surface area contributed by atoms with Crippen LogP contribution in [-0.2, 0) is 27.3 Å². The van der Waals surface area contributed by atoms with E-state index in [2.05, 4.69) is 40.6 Å². The number of hydrogen-bond donors (Lipinski definition) is 1. The summed E-state index contributed by atoms with van der Waals surface area (Å²) in [5.41, 5.74) is 4.68. The number of carbonyl (C=O) groups is 2. The fraction of sp³-hybridized carbons (Fsp3) is 0.375. The number of ether oxygens (including phenoxy) is 1. The second-order valence-corrected chi connectivity index (χ2v) is 7.87. The fourth-order valence-corrected chi connectivity index (χ4v) is 4.13. The molecule has 1 atom stereocenters. The summed E-state index contributed by atoms with van der Waals surface area (Å²) < 4.78 is 5.10. The molecule has 7 heteroatoms. The van der Waals surface area contributed by atoms with Gasteiger partial charge in [-0.05, 0) is 49.1 Å². The van der Waals surface area contributed by atoms with Crippen molar-refractivity contribution in [3.05, 3.63) is 59.7 Å². The molecular formula is C24H28N4O3. The van der Waals surface area contributed by atoms with Crippen molar-refractivity contribution in [1.29, 1.82) is 0 Å². The van der Waals surface area contributed by atoms with Crippen molar-refractivity contribution in [2.45, 2.75) is 38.8 Å². The van der Waals surface area contributed by atoms with Gasteiger partial charge in [-0.2, -0.15) is 5.10 Å². The molecule has 2 aliphatic heterocycles. The first-order chi connectivity index (χ1) is 15.1. The van der Waals surface area contributed by atoms with Crippen LogP contribution in [0.3, 0.4) is 0 Å². The van der Waals surface area contributed by atoms with E-state index < -0.39 is 12.0 Å². The zero-order chi connectivity index (χ0) is 21.8. The van der Waals surface area contributed by atoms with Gasteiger partial charge in [-0.25, -0.2) is 4.79 Å². The molecule has 2 aliphatic rings. The minimum Gasteiger partial charge on any atom is -0.461 e. The molecule has 0 saturated carbocycles. The molecular weight excluding hydrogens is 392 g/mol. The summed E-state index contributed by atoms with van der Waals surface area (Å²) in [6.45, 7) is 3.53. The van der Waals surface area contributed by atoms with Crippen LogP contribution < -0.4 is 15.2 Å². The van der Waals surface area contributed by atoms with Gasteiger partial charge in [0.05, 0.1) is 12.3 Å². The van der Waals surface area contributed by atoms with E-state index in [0.717, 1.165) is 30.6 Å². The van der Waals surface area contributed by atoms with E-state index in [1.807, 2.05) is 30.3 Å². The van der Waals surface area contributed by atoms with E-state index in [1.165, 1.54) is 11.3 Å². The maximum atomic E-state index is 13.1. The van der Waals surface area contributed by atoms with Gasteiger partial charge in [-0.1, -0.05) is 30.3 Å². The maximum Gasteiger partial charge on any atom is 0.354 e. The van der Waals surface area contributed by atoms with Crippen LogP contribution in [0.15, 0.2) is 53.6 Å². The van der Waals surface area contributed by atoms with Gasteiger partial charge < -0.3 is 15.0 Å². The molecule has 7 nitrogen and oxygen atoms in total. The van der Waals surface area contributed by atoms with Crippen LogP contribution in [-0.4, -0.2) is 43.8 Å². The Hall–Kier alpha value is -3.35. The molecule has 1 amide bonds. The molecule has 0 spiro atoms. The van der Waals surface area contributed by atoms with Gasteiger partial charge in [0.25, 0.3) is 0 Å². The average molecular weight is 421 g/mol. The Labute approximate surface area is 182 Å². The number of carbonyl (C=O) groups excluding carboxylic acids is 2. The van der Waals surface area contributed by atoms with E-state index >= 15 is 0 Å². The molecule has 2 aromatic carbocycles. The second-order valence-electron chi connectivity index (χ2n) is 7.87. The Bertz CT molecular complexity index is 990. The van der Waals surface area contributed by atoms with Crippen LogP contribution in [0.2, 0.25) is 0 Å². The lowest BCUT2D eigenvalue weighted by atomic mass is 9.99. The Morgan fingerprint density at radius 1 is 1.19 bits per heavy atom. The highest BCUT2D eigenvalue weighted by Crippen LogP contribution is 2.27. The number of benzene rings is 2. The van der Waals surface area contributed by atoms with E-state index in [4.69, 9.17) is 4.74 Å². The zero-order valence-corrected chi connectivity index (χ0v) is 18.0. The number of amides is 1. The third kappa shape index (κ3) is 4.55. The smallest absolute Gasteiger partial charge is 0.354 e. The van der Waals surface area contributed by atoms with Gasteiger partial charge in [0.15, 0.2) is 0 Å². The predicted molar refractivity (Wildman–Crippen MR) is 121 cm³/mol. The molecule has 162 valence electrons. The van der Waals surface area contributed by atoms with Crippen LogP contribution in [0.25, 0.3) is 0 Å². The molecule has 0 aliphatic carbocycles. The number of fused-ring (bicyclic) bond motifs is 1. The van der Waals surface area contributed by atoms with Gasteiger partial charge in [0.2, 0.25) is 5.91 Å². The third-order valence-corrected chi connectivity index (χ3v) is 5.71. The predicted octanol–water partition coefficient (Wildman–Crippen LogP) is 2.88. The highest BCUT2D eigenvalue weighted by atomic mass is 16.5. The number of hydrazone groups is 1. The number of nitrogens with one attached hydrogen (secondary N) is 1. The Balaban J connectivity index is 1.47. The monoisotopic (exact) mass is 420 g/mol. The lowest BCUT2D eigenvalue weighted by Gasteiger charge is -2.28. The lowest BCUT2D eigenvalue weighted by molar-refractivity contribution is -0.135. The minimum atomic E-state index is -0.592. The summed E-state index contributed by atoms with van der Waals surface area (Å²) >= 11 is 0. The summed E-state index contributed by atoms with van der Waals surface area (Å²) in [5, 5.41) is 9.05. The lowest BCUT2D eigenvalue weighted by Crippen LogP contribution is -2.42. The average Bonchev–Trinajstić information content (AvgIpc) is 3.24. The molecule has 1 N–H and O–H groups in total. The summed E-state index contributed by atoms with van der Waals surface area (Å²) in [6.07, 6.45) is 2.42. The molecule has 0 radical (unpaired) electrons. The SMILES string of the molecule is CCOC(=O)C1=NN(c2ccccc2)C(C(=O)NCc2ccc3c(c2)CCCN3C)C1. The van der Waals surface area contributed by atoms with Gasteiger partial charge in [-0.15, -0.1) is 0 Å². The van der Waals surface area contributed by atoms with Crippen LogP contribution >= 0.6 is 0 Å². The van der Waals surface area contributed by atoms with E-state index in [9.17, 15) is 9.59 Å². The van der Waals surface area contributed by atoms with Crippen molar-refractivity contribution in [3.63, 3.8) is 0 Å². The number of nitrogens with zero attached hydrogens (tertiary/aromatic N) is 3. The van der Waals surface area contributed by atoms with Crippen LogP contribution in [0.5, 0.6) is 0 Å². The van der Waals surface area contributed by atoms with Gasteiger partial charge in [-0.3, -0.25) is 9.80 Å². The summed E-state index contributed by atoms with van der Waals surface area (Å²) in [6, 6.07) is 15.2. The highest BCUT2D eigenvalue weighted by molar-refractivity contribution is 6.38. The van der Waals surface area contributed by atoms with Gasteiger partial charge >= 0.3 is 5.97 Å².